The molecule has 212 valence electrons. The molecule has 8 rings (SSSR count). The molecule has 43 heavy (non-hydrogen) atoms. The highest BCUT2D eigenvalue weighted by atomic mass is 19.1. The van der Waals surface area contributed by atoms with Crippen molar-refractivity contribution in [1.82, 2.24) is 0 Å². The Kier molecular flexibility index (Phi) is 6.09. The molecule has 2 aliphatic heterocycles. The van der Waals surface area contributed by atoms with Gasteiger partial charge in [-0.15, -0.1) is 0 Å². The van der Waals surface area contributed by atoms with E-state index in [1.165, 1.54) is 0 Å². The Labute approximate surface area is 249 Å². The molecule has 2 heterocycles. The third-order valence-electron chi connectivity index (χ3n) is 8.91. The molecule has 0 radical (unpaired) electrons. The third kappa shape index (κ3) is 4.07. The molecule has 4 nitrogen and oxygen atoms in total. The Morgan fingerprint density at radius 3 is 1.95 bits per heavy atom. The fourth-order valence-corrected chi connectivity index (χ4v) is 6.76. The van der Waals surface area contributed by atoms with Gasteiger partial charge in [-0.25, -0.2) is 4.39 Å². The number of fused-ring (bicyclic) bond motifs is 8. The molecule has 6 aromatic rings. The number of rotatable bonds is 4. The number of hydrogen-bond acceptors (Lipinski definition) is 4. The summed E-state index contributed by atoms with van der Waals surface area (Å²) in [5.41, 5.74) is 2.65. The van der Waals surface area contributed by atoms with Crippen molar-refractivity contribution in [3.63, 3.8) is 0 Å². The molecule has 1 fully saturated rings. The van der Waals surface area contributed by atoms with E-state index in [9.17, 15) is 0 Å². The van der Waals surface area contributed by atoms with Gasteiger partial charge in [-0.3, -0.25) is 0 Å². The van der Waals surface area contributed by atoms with E-state index in [-0.39, 0.29) is 11.6 Å². The molecule has 5 heteroatoms. The molecule has 1 unspecified atom stereocenters. The van der Waals surface area contributed by atoms with Crippen molar-refractivity contribution in [3.8, 4) is 11.5 Å². The Bertz CT molecular complexity index is 2030. The molecule has 0 aromatic heterocycles. The number of nitrogens with zero attached hydrogens (tertiary/aromatic N) is 1. The van der Waals surface area contributed by atoms with Crippen LogP contribution in [-0.4, -0.2) is 33.4 Å². The molecule has 0 N–H and O–H groups in total. The second-order valence-electron chi connectivity index (χ2n) is 11.2. The summed E-state index contributed by atoms with van der Waals surface area (Å²) in [5.74, 6) is 0.621. The maximum absolute atomic E-state index is 16.3. The average Bonchev–Trinajstić information content (AvgIpc) is 3.09. The Balaban J connectivity index is 1.34. The zero-order valence-corrected chi connectivity index (χ0v) is 23.8. The molecule has 2 aliphatic rings. The number of halogens is 1. The lowest BCUT2D eigenvalue weighted by molar-refractivity contribution is 0.122. The van der Waals surface area contributed by atoms with Crippen LogP contribution in [0.3, 0.4) is 0 Å². The van der Waals surface area contributed by atoms with E-state index in [1.54, 1.807) is 13.2 Å². The zero-order chi connectivity index (χ0) is 29.0. The van der Waals surface area contributed by atoms with Crippen molar-refractivity contribution in [3.05, 3.63) is 132 Å². The SMILES string of the molecule is COc1ccc(C2(c3ccc(N4CCOCC4)cc3)C=Cc3c(c(F)cc4c5ccccc5c5ccccc5c34)O2)cc1. The highest BCUT2D eigenvalue weighted by molar-refractivity contribution is 6.27. The number of ether oxygens (including phenoxy) is 3. The minimum atomic E-state index is -1.04. The van der Waals surface area contributed by atoms with Gasteiger partial charge >= 0.3 is 0 Å². The monoisotopic (exact) mass is 567 g/mol. The average molecular weight is 568 g/mol. The molecule has 1 saturated heterocycles. The van der Waals surface area contributed by atoms with Crippen LogP contribution in [0.4, 0.5) is 10.1 Å². The van der Waals surface area contributed by atoms with E-state index in [1.807, 2.05) is 48.5 Å². The van der Waals surface area contributed by atoms with Crippen LogP contribution in [0.5, 0.6) is 11.5 Å². The summed E-state index contributed by atoms with van der Waals surface area (Å²) < 4.78 is 34.2. The standard InChI is InChI=1S/C38H30FNO3/c1-41-28-16-12-26(13-17-28)38(25-10-14-27(15-11-25)40-20-22-42-23-21-40)19-18-33-36-32-9-5-4-7-30(32)29-6-2-3-8-31(29)34(36)24-35(39)37(33)43-38/h2-19,24H,20-23H2,1H3. The maximum atomic E-state index is 16.3. The van der Waals surface area contributed by atoms with Gasteiger partial charge in [-0.05, 0) is 69.4 Å². The van der Waals surface area contributed by atoms with Crippen molar-refractivity contribution in [2.45, 2.75) is 5.60 Å². The van der Waals surface area contributed by atoms with E-state index in [4.69, 9.17) is 14.2 Å². The molecule has 0 aliphatic carbocycles. The Hall–Kier alpha value is -4.87. The van der Waals surface area contributed by atoms with Crippen molar-refractivity contribution in [1.29, 1.82) is 0 Å². The van der Waals surface area contributed by atoms with Crippen LogP contribution >= 0.6 is 0 Å². The quantitative estimate of drug-likeness (QED) is 0.200. The van der Waals surface area contributed by atoms with Gasteiger partial charge in [-0.1, -0.05) is 72.8 Å². The fourth-order valence-electron chi connectivity index (χ4n) is 6.76. The van der Waals surface area contributed by atoms with Gasteiger partial charge in [0.1, 0.15) is 5.75 Å². The smallest absolute Gasteiger partial charge is 0.178 e. The molecule has 0 spiro atoms. The van der Waals surface area contributed by atoms with Gasteiger partial charge in [0, 0.05) is 40.9 Å². The summed E-state index contributed by atoms with van der Waals surface area (Å²) in [7, 11) is 1.65. The topological polar surface area (TPSA) is 30.9 Å². The highest BCUT2D eigenvalue weighted by Crippen LogP contribution is 2.48. The first-order valence-electron chi connectivity index (χ1n) is 14.7. The van der Waals surface area contributed by atoms with Crippen LogP contribution in [-0.2, 0) is 10.3 Å². The number of anilines is 1. The molecule has 0 amide bonds. The summed E-state index contributed by atoms with van der Waals surface area (Å²) in [5, 5.41) is 6.22. The number of hydrogen-bond donors (Lipinski definition) is 0. The van der Waals surface area contributed by atoms with Crippen molar-refractivity contribution < 1.29 is 18.6 Å². The molecular formula is C38H30FNO3. The van der Waals surface area contributed by atoms with Crippen LogP contribution in [0.2, 0.25) is 0 Å². The first-order chi connectivity index (χ1) is 21.2. The Morgan fingerprint density at radius 2 is 1.30 bits per heavy atom. The fraction of sp³-hybridized carbons (Fsp3) is 0.158. The van der Waals surface area contributed by atoms with Gasteiger partial charge in [-0.2, -0.15) is 0 Å². The number of morpholine rings is 1. The van der Waals surface area contributed by atoms with Gasteiger partial charge in [0.15, 0.2) is 17.2 Å². The second-order valence-corrected chi connectivity index (χ2v) is 11.2. The van der Waals surface area contributed by atoms with Crippen LogP contribution in [0.15, 0.2) is 109 Å². The van der Waals surface area contributed by atoms with Gasteiger partial charge in [0.25, 0.3) is 0 Å². The molecule has 1 atom stereocenters. The predicted molar refractivity (Wildman–Crippen MR) is 172 cm³/mol. The predicted octanol–water partition coefficient (Wildman–Crippen LogP) is 8.48. The summed E-state index contributed by atoms with van der Waals surface area (Å²) in [6.45, 7) is 3.15. The molecule has 0 saturated carbocycles. The van der Waals surface area contributed by atoms with Crippen LogP contribution in [0.1, 0.15) is 16.7 Å². The normalized spacial score (nSPS) is 18.1. The zero-order valence-electron chi connectivity index (χ0n) is 23.8. The van der Waals surface area contributed by atoms with Crippen molar-refractivity contribution >= 4 is 44.1 Å². The minimum absolute atomic E-state index is 0.253. The first-order valence-corrected chi connectivity index (χ1v) is 14.7. The summed E-state index contributed by atoms with van der Waals surface area (Å²) in [6.07, 6.45) is 4.12. The van der Waals surface area contributed by atoms with Crippen molar-refractivity contribution in [2.75, 3.05) is 38.3 Å². The number of benzene rings is 6. The van der Waals surface area contributed by atoms with Gasteiger partial charge in [0.2, 0.25) is 0 Å². The first kappa shape index (κ1) is 25.8. The second kappa shape index (κ2) is 10.1. The van der Waals surface area contributed by atoms with Crippen LogP contribution in [0, 0.1) is 5.82 Å². The van der Waals surface area contributed by atoms with E-state index >= 15 is 4.39 Å². The van der Waals surface area contributed by atoms with E-state index in [2.05, 4.69) is 65.6 Å². The Morgan fingerprint density at radius 1 is 0.721 bits per heavy atom. The van der Waals surface area contributed by atoms with Gasteiger partial charge in [0.05, 0.1) is 20.3 Å². The largest absolute Gasteiger partial charge is 0.497 e. The van der Waals surface area contributed by atoms with Gasteiger partial charge < -0.3 is 19.1 Å². The molecule has 6 aromatic carbocycles. The summed E-state index contributed by atoms with van der Waals surface area (Å²) >= 11 is 0. The van der Waals surface area contributed by atoms with Crippen LogP contribution < -0.4 is 14.4 Å². The van der Waals surface area contributed by atoms with Crippen LogP contribution in [0.25, 0.3) is 38.4 Å². The van der Waals surface area contributed by atoms with E-state index in [0.29, 0.717) is 0 Å². The molecular weight excluding hydrogens is 537 g/mol. The lowest BCUT2D eigenvalue weighted by atomic mass is 9.82. The third-order valence-corrected chi connectivity index (χ3v) is 8.91. The molecule has 0 bridgehead atoms. The van der Waals surface area contributed by atoms with E-state index < -0.39 is 5.60 Å². The van der Waals surface area contributed by atoms with E-state index in [0.717, 1.165) is 86.7 Å². The highest BCUT2D eigenvalue weighted by Gasteiger charge is 2.39. The minimum Gasteiger partial charge on any atom is -0.497 e. The number of methoxy groups -OCH3 is 1. The summed E-state index contributed by atoms with van der Waals surface area (Å²) in [4.78, 5) is 2.32. The summed E-state index contributed by atoms with van der Waals surface area (Å²) in [6, 6.07) is 34.4. The van der Waals surface area contributed by atoms with Crippen molar-refractivity contribution in [2.24, 2.45) is 0 Å². The lowest BCUT2D eigenvalue weighted by Gasteiger charge is -2.37. The maximum Gasteiger partial charge on any atom is 0.178 e. The lowest BCUT2D eigenvalue weighted by Crippen LogP contribution is -2.37.